The SMILES string of the molecule is CC1CCC(C(C)n2c(Br)nc3nc(Cl)nc(-c4cncc(Cl)c4)c32)CC1. The molecule has 3 heterocycles. The molecule has 1 aliphatic rings. The number of fused-ring (bicyclic) bond motifs is 1. The van der Waals surface area contributed by atoms with E-state index in [2.05, 4.69) is 54.3 Å². The van der Waals surface area contributed by atoms with Gasteiger partial charge in [0.05, 0.1) is 5.02 Å². The normalized spacial score (nSPS) is 21.5. The summed E-state index contributed by atoms with van der Waals surface area (Å²) in [5.41, 5.74) is 2.94. The van der Waals surface area contributed by atoms with E-state index in [1.165, 1.54) is 25.7 Å². The van der Waals surface area contributed by atoms with Crippen LogP contribution in [0.2, 0.25) is 10.3 Å². The molecule has 1 saturated carbocycles. The van der Waals surface area contributed by atoms with Gasteiger partial charge in [-0.3, -0.25) is 4.98 Å². The molecule has 3 aromatic heterocycles. The summed E-state index contributed by atoms with van der Waals surface area (Å²) < 4.78 is 2.94. The maximum atomic E-state index is 6.18. The molecule has 0 aromatic carbocycles. The summed E-state index contributed by atoms with van der Waals surface area (Å²) in [6, 6.07) is 2.11. The van der Waals surface area contributed by atoms with E-state index in [0.29, 0.717) is 22.3 Å². The fourth-order valence-corrected chi connectivity index (χ4v) is 5.05. The Morgan fingerprint density at radius 1 is 1.11 bits per heavy atom. The zero-order valence-electron chi connectivity index (χ0n) is 15.2. The lowest BCUT2D eigenvalue weighted by atomic mass is 9.79. The molecular formula is C19H20BrCl2N5. The monoisotopic (exact) mass is 467 g/mol. The third-order valence-corrected chi connectivity index (χ3v) is 6.54. The zero-order valence-corrected chi connectivity index (χ0v) is 18.3. The highest BCUT2D eigenvalue weighted by molar-refractivity contribution is 9.10. The molecule has 1 fully saturated rings. The minimum absolute atomic E-state index is 0.161. The van der Waals surface area contributed by atoms with Gasteiger partial charge in [0.2, 0.25) is 5.28 Å². The topological polar surface area (TPSA) is 56.5 Å². The predicted octanol–water partition coefficient (Wildman–Crippen LogP) is 6.34. The highest BCUT2D eigenvalue weighted by Gasteiger charge is 2.28. The van der Waals surface area contributed by atoms with Crippen LogP contribution in [-0.4, -0.2) is 24.5 Å². The minimum Gasteiger partial charge on any atom is -0.312 e. The highest BCUT2D eigenvalue weighted by Crippen LogP contribution is 2.40. The van der Waals surface area contributed by atoms with Crippen LogP contribution < -0.4 is 0 Å². The standard InChI is InChI=1S/C19H20BrCl2N5/c1-10-3-5-12(6-4-10)11(2)27-16-15(13-7-14(21)9-23-8-13)24-19(22)26-17(16)25-18(27)20/h7-12H,3-6H2,1-2H3. The molecule has 3 aromatic rings. The summed E-state index contributed by atoms with van der Waals surface area (Å²) in [6.07, 6.45) is 8.32. The van der Waals surface area contributed by atoms with Crippen LogP contribution in [0.15, 0.2) is 23.2 Å². The van der Waals surface area contributed by atoms with Crippen LogP contribution in [0.5, 0.6) is 0 Å². The number of hydrogen-bond acceptors (Lipinski definition) is 4. The number of aromatic nitrogens is 5. The molecule has 8 heteroatoms. The number of pyridine rings is 1. The summed E-state index contributed by atoms with van der Waals surface area (Å²) in [4.78, 5) is 17.6. The van der Waals surface area contributed by atoms with Crippen LogP contribution >= 0.6 is 39.1 Å². The number of halogens is 3. The van der Waals surface area contributed by atoms with Crippen molar-refractivity contribution in [2.75, 3.05) is 0 Å². The Morgan fingerprint density at radius 2 is 1.85 bits per heavy atom. The van der Waals surface area contributed by atoms with Gasteiger partial charge in [-0.25, -0.2) is 9.97 Å². The third kappa shape index (κ3) is 3.71. The summed E-state index contributed by atoms with van der Waals surface area (Å²) in [6.45, 7) is 4.59. The van der Waals surface area contributed by atoms with E-state index in [9.17, 15) is 0 Å². The molecule has 0 N–H and O–H groups in total. The zero-order chi connectivity index (χ0) is 19.1. The van der Waals surface area contributed by atoms with Crippen molar-refractivity contribution in [3.63, 3.8) is 0 Å². The number of imidazole rings is 1. The Bertz CT molecular complexity index is 982. The van der Waals surface area contributed by atoms with E-state index in [1.54, 1.807) is 12.4 Å². The second-order valence-corrected chi connectivity index (χ2v) is 8.90. The van der Waals surface area contributed by atoms with Gasteiger partial charge in [-0.2, -0.15) is 4.98 Å². The molecule has 0 radical (unpaired) electrons. The molecule has 1 atom stereocenters. The van der Waals surface area contributed by atoms with Gasteiger partial charge >= 0.3 is 0 Å². The van der Waals surface area contributed by atoms with Gasteiger partial charge in [0.25, 0.3) is 0 Å². The van der Waals surface area contributed by atoms with Crippen molar-refractivity contribution < 1.29 is 0 Å². The van der Waals surface area contributed by atoms with Gasteiger partial charge in [0.1, 0.15) is 11.2 Å². The average molecular weight is 469 g/mol. The second kappa shape index (κ2) is 7.64. The van der Waals surface area contributed by atoms with Gasteiger partial charge in [-0.1, -0.05) is 31.4 Å². The van der Waals surface area contributed by atoms with Crippen LogP contribution in [0.4, 0.5) is 0 Å². The van der Waals surface area contributed by atoms with E-state index in [1.807, 2.05) is 6.07 Å². The number of nitrogens with zero attached hydrogens (tertiary/aromatic N) is 5. The first kappa shape index (κ1) is 19.1. The summed E-state index contributed by atoms with van der Waals surface area (Å²) in [7, 11) is 0. The van der Waals surface area contributed by atoms with E-state index in [0.717, 1.165) is 21.7 Å². The van der Waals surface area contributed by atoms with Crippen molar-refractivity contribution in [1.82, 2.24) is 24.5 Å². The van der Waals surface area contributed by atoms with E-state index in [-0.39, 0.29) is 11.3 Å². The lowest BCUT2D eigenvalue weighted by molar-refractivity contribution is 0.226. The number of rotatable bonds is 3. The fourth-order valence-electron chi connectivity index (χ4n) is 4.04. The molecule has 0 aliphatic heterocycles. The largest absolute Gasteiger partial charge is 0.312 e. The highest BCUT2D eigenvalue weighted by atomic mass is 79.9. The Hall–Kier alpha value is -1.24. The predicted molar refractivity (Wildman–Crippen MR) is 112 cm³/mol. The van der Waals surface area contributed by atoms with E-state index in [4.69, 9.17) is 23.2 Å². The van der Waals surface area contributed by atoms with Crippen molar-refractivity contribution in [3.05, 3.63) is 33.5 Å². The van der Waals surface area contributed by atoms with Crippen molar-refractivity contribution >= 4 is 50.3 Å². The summed E-state index contributed by atoms with van der Waals surface area (Å²) >= 11 is 16.0. The second-order valence-electron chi connectivity index (χ2n) is 7.42. The van der Waals surface area contributed by atoms with Gasteiger partial charge < -0.3 is 4.57 Å². The van der Waals surface area contributed by atoms with Gasteiger partial charge in [-0.05, 0) is 65.2 Å². The van der Waals surface area contributed by atoms with Gasteiger partial charge in [0, 0.05) is 24.0 Å². The smallest absolute Gasteiger partial charge is 0.225 e. The molecule has 0 spiro atoms. The maximum absolute atomic E-state index is 6.18. The Labute approximate surface area is 176 Å². The molecule has 1 aliphatic carbocycles. The van der Waals surface area contributed by atoms with Gasteiger partial charge in [-0.15, -0.1) is 0 Å². The van der Waals surface area contributed by atoms with Crippen molar-refractivity contribution in [3.8, 4) is 11.3 Å². The van der Waals surface area contributed by atoms with Gasteiger partial charge in [0.15, 0.2) is 10.4 Å². The molecule has 4 rings (SSSR count). The quantitative estimate of drug-likeness (QED) is 0.332. The van der Waals surface area contributed by atoms with Crippen LogP contribution in [0.3, 0.4) is 0 Å². The molecule has 142 valence electrons. The average Bonchev–Trinajstić information content (AvgIpc) is 2.96. The minimum atomic E-state index is 0.161. The summed E-state index contributed by atoms with van der Waals surface area (Å²) in [5.74, 6) is 1.41. The molecular weight excluding hydrogens is 449 g/mol. The molecule has 27 heavy (non-hydrogen) atoms. The summed E-state index contributed by atoms with van der Waals surface area (Å²) in [5, 5.41) is 0.712. The Balaban J connectivity index is 1.87. The van der Waals surface area contributed by atoms with Crippen LogP contribution in [0.1, 0.15) is 45.6 Å². The molecule has 0 bridgehead atoms. The van der Waals surface area contributed by atoms with Crippen molar-refractivity contribution in [1.29, 1.82) is 0 Å². The van der Waals surface area contributed by atoms with E-state index < -0.39 is 0 Å². The van der Waals surface area contributed by atoms with E-state index >= 15 is 0 Å². The van der Waals surface area contributed by atoms with Crippen LogP contribution in [0, 0.1) is 11.8 Å². The first-order valence-electron chi connectivity index (χ1n) is 9.16. The molecule has 5 nitrogen and oxygen atoms in total. The molecule has 1 unspecified atom stereocenters. The first-order chi connectivity index (χ1) is 12.9. The Kier molecular flexibility index (Phi) is 5.41. The van der Waals surface area contributed by atoms with Crippen molar-refractivity contribution in [2.24, 2.45) is 11.8 Å². The maximum Gasteiger partial charge on any atom is 0.225 e. The fraction of sp³-hybridized carbons (Fsp3) is 0.474. The number of hydrogen-bond donors (Lipinski definition) is 0. The first-order valence-corrected chi connectivity index (χ1v) is 10.7. The molecule has 0 amide bonds. The molecule has 0 saturated heterocycles. The van der Waals surface area contributed by atoms with Crippen LogP contribution in [0.25, 0.3) is 22.4 Å². The van der Waals surface area contributed by atoms with Crippen LogP contribution in [-0.2, 0) is 0 Å². The lowest BCUT2D eigenvalue weighted by Crippen LogP contribution is -2.22. The lowest BCUT2D eigenvalue weighted by Gasteiger charge is -2.32. The Morgan fingerprint density at radius 3 is 2.56 bits per heavy atom. The third-order valence-electron chi connectivity index (χ3n) is 5.60. The van der Waals surface area contributed by atoms with Crippen molar-refractivity contribution in [2.45, 2.75) is 45.6 Å².